The molecule has 24 heavy (non-hydrogen) atoms. The van der Waals surface area contributed by atoms with Gasteiger partial charge in [0.25, 0.3) is 0 Å². The number of β-amino-alcohol motifs (C(OH)–C–C–N with tert-alkyl or cyclic N) is 2. The highest BCUT2D eigenvalue weighted by molar-refractivity contribution is 5.14. The molecule has 1 fully saturated rings. The van der Waals surface area contributed by atoms with Crippen LogP contribution in [0.25, 0.3) is 0 Å². The Morgan fingerprint density at radius 1 is 1.17 bits per heavy atom. The van der Waals surface area contributed by atoms with Crippen LogP contribution in [0.4, 0.5) is 0 Å². The molecule has 0 aromatic heterocycles. The SMILES string of the molecule is C[C@H](O)CN1CCN(C[C@H](O)CN(C)Cc2ccccc2)C[C@H]1C. The van der Waals surface area contributed by atoms with E-state index in [9.17, 15) is 10.2 Å². The van der Waals surface area contributed by atoms with Crippen molar-refractivity contribution in [3.8, 4) is 0 Å². The molecule has 0 amide bonds. The first-order valence-electron chi connectivity index (χ1n) is 8.99. The van der Waals surface area contributed by atoms with Crippen molar-refractivity contribution in [2.45, 2.75) is 38.6 Å². The van der Waals surface area contributed by atoms with Gasteiger partial charge in [-0.2, -0.15) is 0 Å². The molecule has 5 nitrogen and oxygen atoms in total. The highest BCUT2D eigenvalue weighted by atomic mass is 16.3. The molecule has 0 bridgehead atoms. The van der Waals surface area contributed by atoms with Crippen molar-refractivity contribution in [2.24, 2.45) is 0 Å². The van der Waals surface area contributed by atoms with Crippen molar-refractivity contribution in [3.05, 3.63) is 35.9 Å². The summed E-state index contributed by atoms with van der Waals surface area (Å²) in [6.07, 6.45) is -0.620. The zero-order chi connectivity index (χ0) is 17.5. The summed E-state index contributed by atoms with van der Waals surface area (Å²) in [7, 11) is 2.05. The van der Waals surface area contributed by atoms with Gasteiger partial charge in [0.2, 0.25) is 0 Å². The number of benzene rings is 1. The quantitative estimate of drug-likeness (QED) is 0.738. The maximum absolute atomic E-state index is 10.4. The van der Waals surface area contributed by atoms with Gasteiger partial charge in [-0.25, -0.2) is 0 Å². The van der Waals surface area contributed by atoms with Crippen LogP contribution in [0.2, 0.25) is 0 Å². The van der Waals surface area contributed by atoms with Gasteiger partial charge >= 0.3 is 0 Å². The number of aliphatic hydroxyl groups excluding tert-OH is 2. The Balaban J connectivity index is 1.71. The van der Waals surface area contributed by atoms with E-state index in [0.29, 0.717) is 19.1 Å². The maximum atomic E-state index is 10.4. The average molecular weight is 335 g/mol. The number of hydrogen-bond acceptors (Lipinski definition) is 5. The van der Waals surface area contributed by atoms with Gasteiger partial charge in [-0.1, -0.05) is 30.3 Å². The first-order valence-corrected chi connectivity index (χ1v) is 8.99. The summed E-state index contributed by atoms with van der Waals surface area (Å²) in [6.45, 7) is 9.88. The van der Waals surface area contributed by atoms with E-state index < -0.39 is 0 Å². The predicted molar refractivity (Wildman–Crippen MR) is 97.9 cm³/mol. The van der Waals surface area contributed by atoms with Gasteiger partial charge in [0.05, 0.1) is 12.2 Å². The summed E-state index contributed by atoms with van der Waals surface area (Å²) in [6, 6.07) is 10.8. The Bertz CT molecular complexity index is 469. The number of aliphatic hydroxyl groups is 2. The third kappa shape index (κ3) is 6.49. The average Bonchev–Trinajstić information content (AvgIpc) is 2.50. The Morgan fingerprint density at radius 2 is 1.88 bits per heavy atom. The van der Waals surface area contributed by atoms with Gasteiger partial charge in [-0.3, -0.25) is 14.7 Å². The fourth-order valence-electron chi connectivity index (χ4n) is 3.52. The molecule has 1 aliphatic rings. The zero-order valence-electron chi connectivity index (χ0n) is 15.3. The van der Waals surface area contributed by atoms with E-state index in [2.05, 4.69) is 40.8 Å². The number of piperazine rings is 1. The van der Waals surface area contributed by atoms with Crippen LogP contribution in [0.5, 0.6) is 0 Å². The molecular weight excluding hydrogens is 302 g/mol. The third-order valence-electron chi connectivity index (χ3n) is 4.63. The molecule has 0 saturated carbocycles. The van der Waals surface area contributed by atoms with Crippen molar-refractivity contribution in [3.63, 3.8) is 0 Å². The molecule has 0 aliphatic carbocycles. The Kier molecular flexibility index (Phi) is 7.65. The molecule has 1 aliphatic heterocycles. The summed E-state index contributed by atoms with van der Waals surface area (Å²) < 4.78 is 0. The van der Waals surface area contributed by atoms with Gasteiger partial charge in [0, 0.05) is 51.9 Å². The van der Waals surface area contributed by atoms with E-state index in [1.165, 1.54) is 5.56 Å². The highest BCUT2D eigenvalue weighted by Gasteiger charge is 2.25. The van der Waals surface area contributed by atoms with Crippen LogP contribution in [0.15, 0.2) is 30.3 Å². The maximum Gasteiger partial charge on any atom is 0.0793 e. The molecule has 1 saturated heterocycles. The minimum absolute atomic E-state index is 0.281. The summed E-state index contributed by atoms with van der Waals surface area (Å²) in [5.41, 5.74) is 1.27. The lowest BCUT2D eigenvalue weighted by Gasteiger charge is -2.41. The molecule has 0 spiro atoms. The minimum Gasteiger partial charge on any atom is -0.392 e. The van der Waals surface area contributed by atoms with Crippen LogP contribution in [-0.4, -0.2) is 89.5 Å². The smallest absolute Gasteiger partial charge is 0.0793 e. The molecule has 0 radical (unpaired) electrons. The van der Waals surface area contributed by atoms with Crippen LogP contribution >= 0.6 is 0 Å². The van der Waals surface area contributed by atoms with Crippen molar-refractivity contribution >= 4 is 0 Å². The van der Waals surface area contributed by atoms with Crippen LogP contribution < -0.4 is 0 Å². The molecule has 3 atom stereocenters. The third-order valence-corrected chi connectivity index (χ3v) is 4.63. The summed E-state index contributed by atoms with van der Waals surface area (Å²) >= 11 is 0. The summed E-state index contributed by atoms with van der Waals surface area (Å²) in [5, 5.41) is 20.0. The lowest BCUT2D eigenvalue weighted by Crippen LogP contribution is -2.55. The van der Waals surface area contributed by atoms with Crippen molar-refractivity contribution in [1.29, 1.82) is 0 Å². The van der Waals surface area contributed by atoms with Gasteiger partial charge in [-0.15, -0.1) is 0 Å². The number of likely N-dealkylation sites (N-methyl/N-ethyl adjacent to an activating group) is 1. The zero-order valence-corrected chi connectivity index (χ0v) is 15.3. The first-order chi connectivity index (χ1) is 11.4. The fourth-order valence-corrected chi connectivity index (χ4v) is 3.52. The van der Waals surface area contributed by atoms with Crippen molar-refractivity contribution in [1.82, 2.24) is 14.7 Å². The standard InChI is InChI=1S/C19H33N3O2/c1-16-11-21(9-10-22(16)12-17(2)23)15-19(24)14-20(3)13-18-7-5-4-6-8-18/h4-8,16-17,19,23-24H,9-15H2,1-3H3/t16-,17+,19-/m1/s1. The Hall–Kier alpha value is -0.980. The molecule has 2 rings (SSSR count). The number of nitrogens with zero attached hydrogens (tertiary/aromatic N) is 3. The molecular formula is C19H33N3O2. The van der Waals surface area contributed by atoms with Gasteiger partial charge in [-0.05, 0) is 26.5 Å². The van der Waals surface area contributed by atoms with Gasteiger partial charge < -0.3 is 10.2 Å². The minimum atomic E-state index is -0.339. The summed E-state index contributed by atoms with van der Waals surface area (Å²) in [4.78, 5) is 6.84. The number of rotatable bonds is 8. The van der Waals surface area contributed by atoms with Crippen LogP contribution in [0.3, 0.4) is 0 Å². The molecule has 1 aromatic carbocycles. The Morgan fingerprint density at radius 3 is 2.50 bits per heavy atom. The highest BCUT2D eigenvalue weighted by Crippen LogP contribution is 2.11. The van der Waals surface area contributed by atoms with Gasteiger partial charge in [0.1, 0.15) is 0 Å². The Labute approximate surface area is 146 Å². The van der Waals surface area contributed by atoms with Crippen LogP contribution in [0, 0.1) is 0 Å². The van der Waals surface area contributed by atoms with Crippen LogP contribution in [0.1, 0.15) is 19.4 Å². The molecule has 2 N–H and O–H groups in total. The van der Waals surface area contributed by atoms with Crippen molar-refractivity contribution in [2.75, 3.05) is 46.3 Å². The lowest BCUT2D eigenvalue weighted by atomic mass is 10.1. The number of hydrogen-bond donors (Lipinski definition) is 2. The normalized spacial score (nSPS) is 22.7. The van der Waals surface area contributed by atoms with E-state index in [1.807, 2.05) is 25.1 Å². The monoisotopic (exact) mass is 335 g/mol. The molecule has 5 heteroatoms. The van der Waals surface area contributed by atoms with E-state index in [0.717, 1.165) is 32.7 Å². The van der Waals surface area contributed by atoms with E-state index in [-0.39, 0.29) is 12.2 Å². The van der Waals surface area contributed by atoms with E-state index in [1.54, 1.807) is 0 Å². The molecule has 1 heterocycles. The first kappa shape index (κ1) is 19.3. The van der Waals surface area contributed by atoms with Crippen LogP contribution in [-0.2, 0) is 6.54 Å². The van der Waals surface area contributed by atoms with E-state index in [4.69, 9.17) is 0 Å². The van der Waals surface area contributed by atoms with Crippen molar-refractivity contribution < 1.29 is 10.2 Å². The second-order valence-corrected chi connectivity index (χ2v) is 7.29. The molecule has 1 aromatic rings. The fraction of sp³-hybridized carbons (Fsp3) is 0.684. The predicted octanol–water partition coefficient (Wildman–Crippen LogP) is 0.866. The van der Waals surface area contributed by atoms with E-state index >= 15 is 0 Å². The van der Waals surface area contributed by atoms with Gasteiger partial charge in [0.15, 0.2) is 0 Å². The second kappa shape index (κ2) is 9.49. The second-order valence-electron chi connectivity index (χ2n) is 7.29. The topological polar surface area (TPSA) is 50.2 Å². The molecule has 0 unspecified atom stereocenters. The largest absolute Gasteiger partial charge is 0.392 e. The summed E-state index contributed by atoms with van der Waals surface area (Å²) in [5.74, 6) is 0. The molecule has 136 valence electrons. The lowest BCUT2D eigenvalue weighted by molar-refractivity contribution is 0.0175.